The Kier molecular flexibility index (Phi) is 9.05. The van der Waals surface area contributed by atoms with Crippen LogP contribution in [-0.2, 0) is 14.9 Å². The number of esters is 1. The van der Waals surface area contributed by atoms with E-state index < -0.39 is 5.41 Å². The van der Waals surface area contributed by atoms with Gasteiger partial charge in [0.25, 0.3) is 0 Å². The number of benzene rings is 2. The summed E-state index contributed by atoms with van der Waals surface area (Å²) in [5.74, 6) is -0.543. The largest absolute Gasteiger partial charge is 0.466 e. The van der Waals surface area contributed by atoms with Crippen molar-refractivity contribution in [2.75, 3.05) is 13.2 Å². The molecule has 0 heterocycles. The molecule has 2 rings (SSSR count). The molecule has 0 aromatic heterocycles. The lowest BCUT2D eigenvalue weighted by molar-refractivity contribution is -0.144. The van der Waals surface area contributed by atoms with Crippen molar-refractivity contribution in [2.24, 2.45) is 0 Å². The van der Waals surface area contributed by atoms with Crippen LogP contribution in [0.3, 0.4) is 0 Å². The molecule has 3 nitrogen and oxygen atoms in total. The molecule has 2 atom stereocenters. The van der Waals surface area contributed by atoms with Gasteiger partial charge in [-0.2, -0.15) is 0 Å². The maximum absolute atomic E-state index is 13.5. The van der Waals surface area contributed by atoms with Crippen molar-refractivity contribution in [3.05, 3.63) is 82.6 Å². The highest BCUT2D eigenvalue weighted by molar-refractivity contribution is 9.10. The van der Waals surface area contributed by atoms with E-state index in [1.165, 1.54) is 17.7 Å². The molecule has 0 bridgehead atoms. The van der Waals surface area contributed by atoms with Gasteiger partial charge in [-0.1, -0.05) is 46.3 Å². The molecule has 0 radical (unpaired) electrons. The molecule has 1 N–H and O–H groups in total. The summed E-state index contributed by atoms with van der Waals surface area (Å²) in [7, 11) is 0. The summed E-state index contributed by atoms with van der Waals surface area (Å²) < 4.78 is 19.8. The molecule has 0 spiro atoms. The predicted molar refractivity (Wildman–Crippen MR) is 119 cm³/mol. The molecule has 0 saturated carbocycles. The minimum absolute atomic E-state index is 0.167. The first-order chi connectivity index (χ1) is 13.9. The summed E-state index contributed by atoms with van der Waals surface area (Å²) in [5.41, 5.74) is 1.62. The minimum Gasteiger partial charge on any atom is -0.466 e. The molecule has 2 aromatic rings. The SMILES string of the molecule is C=CCC(CCNC(C)c1ccc(Br)cc1)(CC(=O)OCC)c1ccc(F)cc1. The highest BCUT2D eigenvalue weighted by atomic mass is 79.9. The van der Waals surface area contributed by atoms with Crippen molar-refractivity contribution in [2.45, 2.75) is 44.6 Å². The number of rotatable bonds is 11. The maximum atomic E-state index is 13.5. The van der Waals surface area contributed by atoms with Crippen LogP contribution in [0.4, 0.5) is 4.39 Å². The Balaban J connectivity index is 2.18. The van der Waals surface area contributed by atoms with E-state index in [9.17, 15) is 9.18 Å². The molecule has 29 heavy (non-hydrogen) atoms. The lowest BCUT2D eigenvalue weighted by Crippen LogP contribution is -2.34. The van der Waals surface area contributed by atoms with Crippen LogP contribution in [0.15, 0.2) is 65.7 Å². The van der Waals surface area contributed by atoms with Crippen molar-refractivity contribution >= 4 is 21.9 Å². The normalized spacial score (nSPS) is 14.1. The Morgan fingerprint density at radius 2 is 1.90 bits per heavy atom. The average molecular weight is 462 g/mol. The second kappa shape index (κ2) is 11.3. The summed E-state index contributed by atoms with van der Waals surface area (Å²) in [6, 6.07) is 14.8. The fourth-order valence-corrected chi connectivity index (χ4v) is 3.86. The number of hydrogen-bond donors (Lipinski definition) is 1. The highest BCUT2D eigenvalue weighted by Gasteiger charge is 2.34. The van der Waals surface area contributed by atoms with Crippen molar-refractivity contribution < 1.29 is 13.9 Å². The van der Waals surface area contributed by atoms with E-state index in [4.69, 9.17) is 4.74 Å². The smallest absolute Gasteiger partial charge is 0.306 e. The zero-order valence-corrected chi connectivity index (χ0v) is 18.7. The van der Waals surface area contributed by atoms with Gasteiger partial charge < -0.3 is 10.1 Å². The quantitative estimate of drug-likeness (QED) is 0.324. The van der Waals surface area contributed by atoms with Gasteiger partial charge in [0.05, 0.1) is 13.0 Å². The van der Waals surface area contributed by atoms with Crippen LogP contribution in [0.2, 0.25) is 0 Å². The fraction of sp³-hybridized carbons (Fsp3) is 0.375. The third-order valence-corrected chi connectivity index (χ3v) is 5.73. The molecule has 2 unspecified atom stereocenters. The molecule has 2 aromatic carbocycles. The molecule has 0 fully saturated rings. The van der Waals surface area contributed by atoms with Crippen LogP contribution >= 0.6 is 15.9 Å². The van der Waals surface area contributed by atoms with E-state index >= 15 is 0 Å². The van der Waals surface area contributed by atoms with Crippen molar-refractivity contribution in [3.63, 3.8) is 0 Å². The second-order valence-electron chi connectivity index (χ2n) is 7.24. The van der Waals surface area contributed by atoms with Crippen LogP contribution in [-0.4, -0.2) is 19.1 Å². The van der Waals surface area contributed by atoms with Gasteiger partial charge in [-0.3, -0.25) is 4.79 Å². The lowest BCUT2D eigenvalue weighted by atomic mass is 9.72. The molecule has 5 heteroatoms. The molecular weight excluding hydrogens is 433 g/mol. The summed E-state index contributed by atoms with van der Waals surface area (Å²) in [4.78, 5) is 12.4. The highest BCUT2D eigenvalue weighted by Crippen LogP contribution is 2.36. The van der Waals surface area contributed by atoms with Crippen molar-refractivity contribution in [1.82, 2.24) is 5.32 Å². The van der Waals surface area contributed by atoms with Gasteiger partial charge in [0, 0.05) is 15.9 Å². The van der Waals surface area contributed by atoms with Crippen molar-refractivity contribution in [1.29, 1.82) is 0 Å². The summed E-state index contributed by atoms with van der Waals surface area (Å²) >= 11 is 3.46. The molecule has 156 valence electrons. The average Bonchev–Trinajstić information content (AvgIpc) is 2.69. The van der Waals surface area contributed by atoms with Crippen molar-refractivity contribution in [3.8, 4) is 0 Å². The van der Waals surface area contributed by atoms with Crippen LogP contribution < -0.4 is 5.32 Å². The van der Waals surface area contributed by atoms with Crippen LogP contribution in [0.25, 0.3) is 0 Å². The Hall–Kier alpha value is -1.98. The lowest BCUT2D eigenvalue weighted by Gasteiger charge is -2.33. The monoisotopic (exact) mass is 461 g/mol. The number of halogens is 2. The Morgan fingerprint density at radius 1 is 1.24 bits per heavy atom. The van der Waals surface area contributed by atoms with E-state index in [-0.39, 0.29) is 24.2 Å². The predicted octanol–water partition coefficient (Wildman–Crippen LogP) is 6.10. The topological polar surface area (TPSA) is 38.3 Å². The van der Waals surface area contributed by atoms with Gasteiger partial charge in [-0.15, -0.1) is 6.58 Å². The summed E-state index contributed by atoms with van der Waals surface area (Å²) in [5, 5.41) is 3.54. The van der Waals surface area contributed by atoms with Crippen LogP contribution in [0.5, 0.6) is 0 Å². The van der Waals surface area contributed by atoms with Gasteiger partial charge >= 0.3 is 5.97 Å². The first-order valence-corrected chi connectivity index (χ1v) is 10.7. The van der Waals surface area contributed by atoms with Gasteiger partial charge in [-0.05, 0) is 68.6 Å². The maximum Gasteiger partial charge on any atom is 0.306 e. The number of hydrogen-bond acceptors (Lipinski definition) is 3. The van der Waals surface area contributed by atoms with Gasteiger partial charge in [0.15, 0.2) is 0 Å². The molecule has 0 aliphatic heterocycles. The van der Waals surface area contributed by atoms with Gasteiger partial charge in [0.2, 0.25) is 0 Å². The molecule has 0 saturated heterocycles. The Bertz CT molecular complexity index is 792. The van der Waals surface area contributed by atoms with E-state index in [0.717, 1.165) is 10.0 Å². The first kappa shape index (κ1) is 23.3. The number of ether oxygens (including phenoxy) is 1. The van der Waals surface area contributed by atoms with E-state index in [2.05, 4.69) is 46.9 Å². The van der Waals surface area contributed by atoms with E-state index in [0.29, 0.717) is 26.0 Å². The second-order valence-corrected chi connectivity index (χ2v) is 8.15. The third-order valence-electron chi connectivity index (χ3n) is 5.20. The van der Waals surface area contributed by atoms with Gasteiger partial charge in [-0.25, -0.2) is 4.39 Å². The Morgan fingerprint density at radius 3 is 2.48 bits per heavy atom. The van der Waals surface area contributed by atoms with E-state index in [1.807, 2.05) is 18.2 Å². The number of nitrogens with one attached hydrogen (secondary N) is 1. The third kappa shape index (κ3) is 6.79. The van der Waals surface area contributed by atoms with Crippen LogP contribution in [0.1, 0.15) is 50.3 Å². The molecule has 0 aliphatic rings. The molecule has 0 amide bonds. The number of carbonyl (C=O) groups excluding carboxylic acids is 1. The standard InChI is InChI=1S/C24H29BrFNO2/c1-4-14-24(17-23(28)29-5-2,20-8-12-22(26)13-9-20)15-16-27-18(3)19-6-10-21(25)11-7-19/h4,6-13,18,27H,1,5,14-17H2,2-3H3. The zero-order valence-electron chi connectivity index (χ0n) is 17.1. The first-order valence-electron chi connectivity index (χ1n) is 9.91. The number of allylic oxidation sites excluding steroid dienone is 1. The Labute approximate surface area is 181 Å². The zero-order chi connectivity index (χ0) is 21.3. The van der Waals surface area contributed by atoms with Crippen LogP contribution in [0, 0.1) is 5.82 Å². The van der Waals surface area contributed by atoms with E-state index in [1.54, 1.807) is 19.1 Å². The molecule has 0 aliphatic carbocycles. The van der Waals surface area contributed by atoms with Gasteiger partial charge in [0.1, 0.15) is 5.82 Å². The minimum atomic E-state index is -0.492. The fourth-order valence-electron chi connectivity index (χ4n) is 3.59. The number of carbonyl (C=O) groups is 1. The summed E-state index contributed by atoms with van der Waals surface area (Å²) in [6.45, 7) is 8.84. The molecular formula is C24H29BrFNO2. The summed E-state index contributed by atoms with van der Waals surface area (Å²) in [6.07, 6.45) is 3.35.